The fourth-order valence-electron chi connectivity index (χ4n) is 2.26. The number of nitro benzene ring substituents is 1. The number of fused-ring (bicyclic) bond motifs is 1. The van der Waals surface area contributed by atoms with Crippen molar-refractivity contribution in [1.82, 2.24) is 0 Å². The molecule has 0 saturated carbocycles. The van der Waals surface area contributed by atoms with Gasteiger partial charge in [-0.3, -0.25) is 14.9 Å². The molecule has 0 atom stereocenters. The van der Waals surface area contributed by atoms with Gasteiger partial charge in [-0.2, -0.15) is 0 Å². The van der Waals surface area contributed by atoms with Crippen LogP contribution in [0, 0.1) is 10.1 Å². The molecule has 0 aliphatic carbocycles. The van der Waals surface area contributed by atoms with Gasteiger partial charge in [0.15, 0.2) is 0 Å². The summed E-state index contributed by atoms with van der Waals surface area (Å²) in [4.78, 5) is 21.7. The van der Waals surface area contributed by atoms with E-state index in [4.69, 9.17) is 4.42 Å². The molecule has 0 fully saturated rings. The predicted molar refractivity (Wildman–Crippen MR) is 82.6 cm³/mol. The Balaban J connectivity index is 2.13. The maximum Gasteiger partial charge on any atom is 0.272 e. The van der Waals surface area contributed by atoms with Crippen molar-refractivity contribution in [2.75, 3.05) is 5.32 Å². The summed E-state index contributed by atoms with van der Waals surface area (Å²) in [5.74, 6) is 0.215. The normalized spacial score (nSPS) is 10.6. The first-order chi connectivity index (χ1) is 10.5. The zero-order valence-corrected chi connectivity index (χ0v) is 11.7. The number of nitro groups is 1. The molecule has 22 heavy (non-hydrogen) atoms. The van der Waals surface area contributed by atoms with E-state index in [1.54, 1.807) is 6.07 Å². The number of nitrogens with one attached hydrogen (secondary N) is 1. The number of carbonyl (C=O) groups is 1. The summed E-state index contributed by atoms with van der Waals surface area (Å²) in [6.45, 7) is 1.35. The third kappa shape index (κ3) is 2.67. The average Bonchev–Trinajstić information content (AvgIpc) is 2.90. The Morgan fingerprint density at radius 2 is 1.95 bits per heavy atom. The molecule has 0 aliphatic rings. The highest BCUT2D eigenvalue weighted by Gasteiger charge is 2.14. The van der Waals surface area contributed by atoms with Crippen LogP contribution in [0.1, 0.15) is 6.92 Å². The first-order valence-electron chi connectivity index (χ1n) is 6.59. The zero-order chi connectivity index (χ0) is 15.7. The Labute approximate surface area is 125 Å². The lowest BCUT2D eigenvalue weighted by Crippen LogP contribution is -2.06. The van der Waals surface area contributed by atoms with E-state index in [1.165, 1.54) is 19.1 Å². The van der Waals surface area contributed by atoms with Crippen LogP contribution in [-0.2, 0) is 4.79 Å². The number of para-hydroxylation sites is 1. The quantitative estimate of drug-likeness (QED) is 0.585. The lowest BCUT2D eigenvalue weighted by Gasteiger charge is -2.04. The van der Waals surface area contributed by atoms with Gasteiger partial charge < -0.3 is 9.73 Å². The minimum Gasteiger partial charge on any atom is -0.456 e. The van der Waals surface area contributed by atoms with Gasteiger partial charge in [0.05, 0.1) is 4.92 Å². The summed E-state index contributed by atoms with van der Waals surface area (Å²) in [5.41, 5.74) is 1.48. The lowest BCUT2D eigenvalue weighted by atomic mass is 10.1. The largest absolute Gasteiger partial charge is 0.456 e. The van der Waals surface area contributed by atoms with Gasteiger partial charge in [-0.05, 0) is 18.2 Å². The molecule has 0 aliphatic heterocycles. The first-order valence-corrected chi connectivity index (χ1v) is 6.59. The molecule has 0 bridgehead atoms. The summed E-state index contributed by atoms with van der Waals surface area (Å²) < 4.78 is 5.71. The van der Waals surface area contributed by atoms with E-state index in [0.29, 0.717) is 22.6 Å². The van der Waals surface area contributed by atoms with E-state index in [-0.39, 0.29) is 11.6 Å². The Morgan fingerprint density at radius 1 is 1.18 bits per heavy atom. The van der Waals surface area contributed by atoms with E-state index in [9.17, 15) is 14.9 Å². The Kier molecular flexibility index (Phi) is 3.34. The van der Waals surface area contributed by atoms with Crippen LogP contribution in [0.3, 0.4) is 0 Å². The number of anilines is 1. The Bertz CT molecular complexity index is 850. The van der Waals surface area contributed by atoms with Crippen LogP contribution in [0.2, 0.25) is 0 Å². The van der Waals surface area contributed by atoms with Crippen molar-refractivity contribution < 1.29 is 14.1 Å². The molecule has 6 nitrogen and oxygen atoms in total. The van der Waals surface area contributed by atoms with Crippen LogP contribution in [0.25, 0.3) is 22.3 Å². The number of amides is 1. The van der Waals surface area contributed by atoms with Crippen molar-refractivity contribution in [3.63, 3.8) is 0 Å². The summed E-state index contributed by atoms with van der Waals surface area (Å²) in [6.07, 6.45) is 0. The number of rotatable bonds is 3. The van der Waals surface area contributed by atoms with Crippen molar-refractivity contribution in [3.05, 3.63) is 58.6 Å². The van der Waals surface area contributed by atoms with E-state index >= 15 is 0 Å². The third-order valence-electron chi connectivity index (χ3n) is 3.16. The lowest BCUT2D eigenvalue weighted by molar-refractivity contribution is -0.384. The minimum absolute atomic E-state index is 0.110. The van der Waals surface area contributed by atoms with Gasteiger partial charge in [0.1, 0.15) is 11.3 Å². The van der Waals surface area contributed by atoms with Gasteiger partial charge in [-0.15, -0.1) is 0 Å². The molecule has 6 heteroatoms. The number of hydrogen-bond acceptors (Lipinski definition) is 4. The molecule has 0 saturated heterocycles. The Morgan fingerprint density at radius 3 is 2.64 bits per heavy atom. The second-order valence-corrected chi connectivity index (χ2v) is 4.86. The first kappa shape index (κ1) is 13.8. The molecule has 0 spiro atoms. The Hall–Kier alpha value is -3.15. The highest BCUT2D eigenvalue weighted by atomic mass is 16.6. The second-order valence-electron chi connectivity index (χ2n) is 4.86. The fourth-order valence-corrected chi connectivity index (χ4v) is 2.26. The van der Waals surface area contributed by atoms with Crippen LogP contribution >= 0.6 is 0 Å². The van der Waals surface area contributed by atoms with Gasteiger partial charge >= 0.3 is 0 Å². The van der Waals surface area contributed by atoms with Crippen molar-refractivity contribution in [1.29, 1.82) is 0 Å². The molecular formula is C16H12N2O4. The van der Waals surface area contributed by atoms with Crippen molar-refractivity contribution >= 4 is 28.3 Å². The maximum absolute atomic E-state index is 11.2. The number of benzene rings is 2. The zero-order valence-electron chi connectivity index (χ0n) is 11.7. The summed E-state index contributed by atoms with van der Waals surface area (Å²) in [6, 6.07) is 13.7. The molecule has 2 aromatic carbocycles. The molecule has 3 rings (SSSR count). The molecule has 0 unspecified atom stereocenters. The number of carbonyl (C=O) groups excluding carboxylic acids is 1. The molecule has 0 radical (unpaired) electrons. The molecule has 1 aromatic heterocycles. The van der Waals surface area contributed by atoms with Gasteiger partial charge in [0, 0.05) is 35.7 Å². The fraction of sp³-hybridized carbons (Fsp3) is 0.0625. The monoisotopic (exact) mass is 296 g/mol. The van der Waals surface area contributed by atoms with Crippen molar-refractivity contribution in [3.8, 4) is 11.3 Å². The average molecular weight is 296 g/mol. The highest BCUT2D eigenvalue weighted by molar-refractivity contribution is 5.90. The SMILES string of the molecule is CC(=O)Nc1cc(-c2cc3ccccc3o2)cc([N+](=O)[O-])c1. The molecule has 1 amide bonds. The molecule has 1 heterocycles. The summed E-state index contributed by atoms with van der Waals surface area (Å²) >= 11 is 0. The number of nitrogens with zero attached hydrogens (tertiary/aromatic N) is 1. The minimum atomic E-state index is -0.503. The van der Waals surface area contributed by atoms with Gasteiger partial charge in [-0.1, -0.05) is 18.2 Å². The predicted octanol–water partition coefficient (Wildman–Crippen LogP) is 3.97. The highest BCUT2D eigenvalue weighted by Crippen LogP contribution is 2.32. The maximum atomic E-state index is 11.2. The third-order valence-corrected chi connectivity index (χ3v) is 3.16. The van der Waals surface area contributed by atoms with Crippen LogP contribution in [0.15, 0.2) is 52.9 Å². The molecule has 1 N–H and O–H groups in total. The molecule has 3 aromatic rings. The van der Waals surface area contributed by atoms with Crippen molar-refractivity contribution in [2.24, 2.45) is 0 Å². The summed E-state index contributed by atoms with van der Waals surface area (Å²) in [7, 11) is 0. The second kappa shape index (κ2) is 5.33. The number of non-ortho nitro benzene ring substituents is 1. The van der Waals surface area contributed by atoms with Crippen LogP contribution in [-0.4, -0.2) is 10.8 Å². The smallest absolute Gasteiger partial charge is 0.272 e. The molecular weight excluding hydrogens is 284 g/mol. The van der Waals surface area contributed by atoms with Gasteiger partial charge in [-0.25, -0.2) is 0 Å². The van der Waals surface area contributed by atoms with Gasteiger partial charge in [0.25, 0.3) is 5.69 Å². The van der Waals surface area contributed by atoms with E-state index in [1.807, 2.05) is 30.3 Å². The van der Waals surface area contributed by atoms with E-state index in [2.05, 4.69) is 5.32 Å². The summed E-state index contributed by atoms with van der Waals surface area (Å²) in [5, 5.41) is 14.5. The standard InChI is InChI=1S/C16H12N2O4/c1-10(19)17-13-6-12(7-14(9-13)18(20)21)16-8-11-4-2-3-5-15(11)22-16/h2-9H,1H3,(H,17,19). The van der Waals surface area contributed by atoms with Crippen LogP contribution in [0.4, 0.5) is 11.4 Å². The number of furan rings is 1. The van der Waals surface area contributed by atoms with Crippen molar-refractivity contribution in [2.45, 2.75) is 6.92 Å². The van der Waals surface area contributed by atoms with E-state index in [0.717, 1.165) is 5.39 Å². The van der Waals surface area contributed by atoms with Crippen LogP contribution in [0.5, 0.6) is 0 Å². The molecule has 110 valence electrons. The van der Waals surface area contributed by atoms with Gasteiger partial charge in [0.2, 0.25) is 5.91 Å². The van der Waals surface area contributed by atoms with E-state index < -0.39 is 4.92 Å². The van der Waals surface area contributed by atoms with Crippen LogP contribution < -0.4 is 5.32 Å². The topological polar surface area (TPSA) is 85.4 Å². The number of hydrogen-bond donors (Lipinski definition) is 1.